The first-order valence-electron chi connectivity index (χ1n) is 7.11. The largest absolute Gasteiger partial charge is 0.328 e. The molecule has 0 fully saturated rings. The van der Waals surface area contributed by atoms with Gasteiger partial charge in [-0.2, -0.15) is 0 Å². The van der Waals surface area contributed by atoms with E-state index in [1.807, 2.05) is 24.3 Å². The number of nitrogens with zero attached hydrogens (tertiary/aromatic N) is 2. The van der Waals surface area contributed by atoms with E-state index in [1.54, 1.807) is 0 Å². The van der Waals surface area contributed by atoms with Crippen LogP contribution in [0.1, 0.15) is 11.1 Å². The summed E-state index contributed by atoms with van der Waals surface area (Å²) in [5.41, 5.74) is 16.3. The molecular formula is C17H20N4. The topological polar surface area (TPSA) is 58.5 Å². The lowest BCUT2D eigenvalue weighted by atomic mass is 10.1. The van der Waals surface area contributed by atoms with Gasteiger partial charge in [-0.25, -0.2) is 0 Å². The van der Waals surface area contributed by atoms with E-state index >= 15 is 0 Å². The third-order valence-electron chi connectivity index (χ3n) is 3.77. The summed E-state index contributed by atoms with van der Waals surface area (Å²) < 4.78 is 0. The van der Waals surface area contributed by atoms with Gasteiger partial charge in [-0.05, 0) is 23.3 Å². The van der Waals surface area contributed by atoms with Gasteiger partial charge >= 0.3 is 0 Å². The predicted octanol–water partition coefficient (Wildman–Crippen LogP) is 2.36. The van der Waals surface area contributed by atoms with Crippen LogP contribution in [0.25, 0.3) is 0 Å². The number of hydrogen-bond donors (Lipinski definition) is 2. The van der Waals surface area contributed by atoms with Gasteiger partial charge in [0.2, 0.25) is 0 Å². The first kappa shape index (κ1) is 13.7. The van der Waals surface area contributed by atoms with Crippen LogP contribution in [0.3, 0.4) is 0 Å². The highest BCUT2D eigenvalue weighted by Gasteiger charge is 2.18. The number of anilines is 2. The van der Waals surface area contributed by atoms with Crippen molar-refractivity contribution in [1.29, 1.82) is 0 Å². The molecule has 0 spiro atoms. The maximum absolute atomic E-state index is 5.83. The number of nitrogens with two attached hydrogens (primary N) is 2. The van der Waals surface area contributed by atoms with Crippen molar-refractivity contribution >= 4 is 11.4 Å². The minimum absolute atomic E-state index is 0.542. The average molecular weight is 280 g/mol. The molecule has 0 bridgehead atoms. The van der Waals surface area contributed by atoms with Gasteiger partial charge in [0.25, 0.3) is 0 Å². The zero-order chi connectivity index (χ0) is 14.7. The molecule has 0 aromatic heterocycles. The molecule has 4 heteroatoms. The van der Waals surface area contributed by atoms with Gasteiger partial charge in [-0.15, -0.1) is 0 Å². The Bertz CT molecular complexity index is 595. The van der Waals surface area contributed by atoms with Crippen LogP contribution in [0.2, 0.25) is 0 Å². The van der Waals surface area contributed by atoms with Crippen molar-refractivity contribution in [2.75, 3.05) is 16.5 Å². The molecular weight excluding hydrogens is 260 g/mol. The number of para-hydroxylation sites is 2. The van der Waals surface area contributed by atoms with E-state index in [2.05, 4.69) is 46.5 Å². The fourth-order valence-electron chi connectivity index (χ4n) is 2.66. The first-order valence-corrected chi connectivity index (χ1v) is 7.11. The second-order valence-corrected chi connectivity index (χ2v) is 5.04. The Kier molecular flexibility index (Phi) is 3.90. The zero-order valence-electron chi connectivity index (χ0n) is 11.9. The highest BCUT2D eigenvalue weighted by Crippen LogP contribution is 2.28. The van der Waals surface area contributed by atoms with Crippen molar-refractivity contribution in [3.8, 4) is 0 Å². The molecule has 0 amide bonds. The molecule has 1 heterocycles. The van der Waals surface area contributed by atoms with Crippen LogP contribution in [-0.4, -0.2) is 6.67 Å². The van der Waals surface area contributed by atoms with E-state index in [0.29, 0.717) is 13.1 Å². The fourth-order valence-corrected chi connectivity index (χ4v) is 2.66. The van der Waals surface area contributed by atoms with Gasteiger partial charge in [-0.3, -0.25) is 0 Å². The quantitative estimate of drug-likeness (QED) is 0.902. The van der Waals surface area contributed by atoms with Crippen molar-refractivity contribution in [3.05, 3.63) is 72.1 Å². The van der Waals surface area contributed by atoms with Crippen LogP contribution < -0.4 is 21.3 Å². The molecule has 4 nitrogen and oxygen atoms in total. The van der Waals surface area contributed by atoms with E-state index in [9.17, 15) is 0 Å². The number of rotatable bonds is 4. The van der Waals surface area contributed by atoms with Gasteiger partial charge in [0.1, 0.15) is 0 Å². The lowest BCUT2D eigenvalue weighted by molar-refractivity contribution is 0.940. The summed E-state index contributed by atoms with van der Waals surface area (Å²) in [6.07, 6.45) is 4.17. The van der Waals surface area contributed by atoms with Crippen LogP contribution in [0.5, 0.6) is 0 Å². The Hall–Kier alpha value is -2.30. The predicted molar refractivity (Wildman–Crippen MR) is 87.6 cm³/mol. The van der Waals surface area contributed by atoms with Crippen LogP contribution in [0.4, 0.5) is 11.4 Å². The third-order valence-corrected chi connectivity index (χ3v) is 3.77. The third kappa shape index (κ3) is 2.63. The van der Waals surface area contributed by atoms with E-state index in [-0.39, 0.29) is 0 Å². The molecule has 0 unspecified atom stereocenters. The van der Waals surface area contributed by atoms with Gasteiger partial charge < -0.3 is 21.3 Å². The second-order valence-electron chi connectivity index (χ2n) is 5.04. The average Bonchev–Trinajstić information content (AvgIpc) is 3.04. The summed E-state index contributed by atoms with van der Waals surface area (Å²) >= 11 is 0. The van der Waals surface area contributed by atoms with Gasteiger partial charge in [0.15, 0.2) is 0 Å². The lowest BCUT2D eigenvalue weighted by Crippen LogP contribution is -2.26. The molecule has 108 valence electrons. The standard InChI is InChI=1S/C17H20N4/c18-11-14-5-1-3-7-16(14)20-9-10-21(13-20)17-8-4-2-6-15(17)12-19/h1-10H,11-13,18-19H2. The molecule has 0 atom stereocenters. The van der Waals surface area contributed by atoms with Crippen molar-refractivity contribution in [3.63, 3.8) is 0 Å². The zero-order valence-corrected chi connectivity index (χ0v) is 11.9. The van der Waals surface area contributed by atoms with Crippen molar-refractivity contribution in [2.24, 2.45) is 11.5 Å². The van der Waals surface area contributed by atoms with E-state index in [4.69, 9.17) is 11.5 Å². The van der Waals surface area contributed by atoms with Gasteiger partial charge in [-0.1, -0.05) is 36.4 Å². The smallest absolute Gasteiger partial charge is 0.0989 e. The molecule has 21 heavy (non-hydrogen) atoms. The summed E-state index contributed by atoms with van der Waals surface area (Å²) in [6.45, 7) is 1.85. The van der Waals surface area contributed by atoms with Crippen LogP contribution in [0.15, 0.2) is 60.9 Å². The van der Waals surface area contributed by atoms with Crippen molar-refractivity contribution in [2.45, 2.75) is 13.1 Å². The molecule has 0 saturated heterocycles. The van der Waals surface area contributed by atoms with E-state index < -0.39 is 0 Å². The monoisotopic (exact) mass is 280 g/mol. The van der Waals surface area contributed by atoms with Crippen LogP contribution in [-0.2, 0) is 13.1 Å². The second kappa shape index (κ2) is 5.99. The molecule has 0 saturated carbocycles. The Morgan fingerprint density at radius 1 is 0.714 bits per heavy atom. The Morgan fingerprint density at radius 2 is 1.14 bits per heavy atom. The van der Waals surface area contributed by atoms with Crippen molar-refractivity contribution < 1.29 is 0 Å². The highest BCUT2D eigenvalue weighted by molar-refractivity contribution is 5.64. The molecule has 0 aliphatic carbocycles. The summed E-state index contributed by atoms with van der Waals surface area (Å²) in [5, 5.41) is 0. The minimum Gasteiger partial charge on any atom is -0.328 e. The number of hydrogen-bond acceptors (Lipinski definition) is 4. The maximum atomic E-state index is 5.83. The Labute approximate surface area is 125 Å². The normalized spacial score (nSPS) is 14.0. The van der Waals surface area contributed by atoms with Crippen LogP contribution in [0, 0.1) is 0 Å². The minimum atomic E-state index is 0.542. The fraction of sp³-hybridized carbons (Fsp3) is 0.176. The van der Waals surface area contributed by atoms with E-state index in [0.717, 1.165) is 29.2 Å². The maximum Gasteiger partial charge on any atom is 0.0989 e. The molecule has 3 rings (SSSR count). The van der Waals surface area contributed by atoms with Crippen LogP contribution >= 0.6 is 0 Å². The highest BCUT2D eigenvalue weighted by atomic mass is 15.3. The Morgan fingerprint density at radius 3 is 1.57 bits per heavy atom. The van der Waals surface area contributed by atoms with Gasteiger partial charge in [0.05, 0.1) is 6.67 Å². The molecule has 2 aromatic rings. The lowest BCUT2D eigenvalue weighted by Gasteiger charge is -2.24. The molecule has 4 N–H and O–H groups in total. The van der Waals surface area contributed by atoms with Gasteiger partial charge in [0, 0.05) is 36.9 Å². The molecule has 1 aliphatic rings. The van der Waals surface area contributed by atoms with E-state index in [1.165, 1.54) is 0 Å². The molecule has 2 aromatic carbocycles. The Balaban J connectivity index is 1.85. The SMILES string of the molecule is NCc1ccccc1N1C=CN(c2ccccc2CN)C1. The summed E-state index contributed by atoms with van der Waals surface area (Å²) in [7, 11) is 0. The summed E-state index contributed by atoms with van der Waals surface area (Å²) in [4.78, 5) is 4.41. The molecule has 0 radical (unpaired) electrons. The first-order chi connectivity index (χ1) is 10.3. The number of benzene rings is 2. The molecule has 1 aliphatic heterocycles. The summed E-state index contributed by atoms with van der Waals surface area (Å²) in [5.74, 6) is 0. The van der Waals surface area contributed by atoms with Crippen molar-refractivity contribution in [1.82, 2.24) is 0 Å². The summed E-state index contributed by atoms with van der Waals surface area (Å²) in [6, 6.07) is 16.5.